The molecule has 4 rings (SSSR count). The number of pyridine rings is 1. The van der Waals surface area contributed by atoms with Gasteiger partial charge in [0.1, 0.15) is 34.8 Å². The molecule has 1 saturated heterocycles. The second-order valence-electron chi connectivity index (χ2n) is 6.56. The molecule has 0 radical (unpaired) electrons. The highest BCUT2D eigenvalue weighted by Gasteiger charge is 2.20. The summed E-state index contributed by atoms with van der Waals surface area (Å²) in [5, 5.41) is 19.2. The molecule has 3 aromatic rings. The predicted octanol–water partition coefficient (Wildman–Crippen LogP) is 4.60. The van der Waals surface area contributed by atoms with Crippen LogP contribution in [0.2, 0.25) is 0 Å². The van der Waals surface area contributed by atoms with Crippen molar-refractivity contribution in [2.75, 3.05) is 24.4 Å². The minimum atomic E-state index is 0.519. The Morgan fingerprint density at radius 1 is 1.32 bits per heavy atom. The molecule has 3 heterocycles. The van der Waals surface area contributed by atoms with Crippen LogP contribution < -0.4 is 4.74 Å². The van der Waals surface area contributed by atoms with E-state index in [-0.39, 0.29) is 0 Å². The molecular weight excluding hydrogens is 388 g/mol. The van der Waals surface area contributed by atoms with Crippen molar-refractivity contribution in [3.63, 3.8) is 0 Å². The number of benzene rings is 1. The number of hydrogen-bond donors (Lipinski definition) is 0. The molecule has 28 heavy (non-hydrogen) atoms. The highest BCUT2D eigenvalue weighted by molar-refractivity contribution is 7.99. The molecule has 140 valence electrons. The zero-order valence-corrected chi connectivity index (χ0v) is 17.0. The highest BCUT2D eigenvalue weighted by atomic mass is 32.2. The summed E-state index contributed by atoms with van der Waals surface area (Å²) >= 11 is 3.47. The summed E-state index contributed by atoms with van der Waals surface area (Å²) < 4.78 is 7.95. The van der Waals surface area contributed by atoms with Gasteiger partial charge < -0.3 is 4.74 Å². The SMILES string of the molecule is CSc1cc(-c2cnc3cccc(C#N)n23)cc(OCC2CCSC2)c1C#N. The molecule has 2 aromatic heterocycles. The van der Waals surface area contributed by atoms with E-state index in [1.807, 2.05) is 46.7 Å². The summed E-state index contributed by atoms with van der Waals surface area (Å²) in [7, 11) is 0. The van der Waals surface area contributed by atoms with E-state index in [1.165, 1.54) is 17.5 Å². The molecule has 0 bridgehead atoms. The lowest BCUT2D eigenvalue weighted by molar-refractivity contribution is 0.262. The van der Waals surface area contributed by atoms with Crippen molar-refractivity contribution in [3.8, 4) is 29.1 Å². The number of hydrogen-bond acceptors (Lipinski definition) is 6. The topological polar surface area (TPSA) is 74.1 Å². The summed E-state index contributed by atoms with van der Waals surface area (Å²) in [6.45, 7) is 0.621. The number of imidazole rings is 1. The fraction of sp³-hybridized carbons (Fsp3) is 0.286. The lowest BCUT2D eigenvalue weighted by Gasteiger charge is -2.15. The molecule has 1 aliphatic rings. The minimum absolute atomic E-state index is 0.519. The van der Waals surface area contributed by atoms with Gasteiger partial charge in [-0.2, -0.15) is 22.3 Å². The Hall–Kier alpha value is -2.61. The van der Waals surface area contributed by atoms with Crippen LogP contribution in [0, 0.1) is 28.6 Å². The molecule has 0 spiro atoms. The van der Waals surface area contributed by atoms with Crippen LogP contribution in [0.5, 0.6) is 5.75 Å². The highest BCUT2D eigenvalue weighted by Crippen LogP contribution is 2.36. The average molecular weight is 407 g/mol. The Labute approximate surface area is 172 Å². The zero-order chi connectivity index (χ0) is 19.5. The van der Waals surface area contributed by atoms with E-state index in [9.17, 15) is 10.5 Å². The summed E-state index contributed by atoms with van der Waals surface area (Å²) in [5.41, 5.74) is 3.50. The van der Waals surface area contributed by atoms with Gasteiger partial charge in [0, 0.05) is 16.4 Å². The van der Waals surface area contributed by atoms with Gasteiger partial charge in [0.25, 0.3) is 0 Å². The lowest BCUT2D eigenvalue weighted by Crippen LogP contribution is -2.12. The van der Waals surface area contributed by atoms with Gasteiger partial charge in [-0.15, -0.1) is 11.8 Å². The first-order valence-corrected chi connectivity index (χ1v) is 11.3. The minimum Gasteiger partial charge on any atom is -0.492 e. The molecular formula is C21H18N4OS2. The van der Waals surface area contributed by atoms with Crippen molar-refractivity contribution in [1.82, 2.24) is 9.38 Å². The van der Waals surface area contributed by atoms with Crippen molar-refractivity contribution < 1.29 is 4.74 Å². The van der Waals surface area contributed by atoms with Crippen molar-refractivity contribution in [2.24, 2.45) is 5.92 Å². The van der Waals surface area contributed by atoms with Crippen molar-refractivity contribution in [3.05, 3.63) is 47.8 Å². The number of rotatable bonds is 5. The molecule has 1 fully saturated rings. The summed E-state index contributed by atoms with van der Waals surface area (Å²) in [6, 6.07) is 13.9. The quantitative estimate of drug-likeness (QED) is 0.577. The third kappa shape index (κ3) is 3.44. The number of nitrogens with zero attached hydrogens (tertiary/aromatic N) is 4. The van der Waals surface area contributed by atoms with Gasteiger partial charge in [0.2, 0.25) is 0 Å². The second kappa shape index (κ2) is 8.18. The number of aromatic nitrogens is 2. The summed E-state index contributed by atoms with van der Waals surface area (Å²) in [4.78, 5) is 5.30. The van der Waals surface area contributed by atoms with Gasteiger partial charge in [-0.05, 0) is 48.4 Å². The maximum Gasteiger partial charge on any atom is 0.138 e. The van der Waals surface area contributed by atoms with Crippen LogP contribution in [0.25, 0.3) is 16.9 Å². The largest absolute Gasteiger partial charge is 0.492 e. The van der Waals surface area contributed by atoms with E-state index in [0.717, 1.165) is 34.0 Å². The molecule has 0 aliphatic carbocycles. The van der Waals surface area contributed by atoms with Gasteiger partial charge >= 0.3 is 0 Å². The number of fused-ring (bicyclic) bond motifs is 1. The molecule has 0 saturated carbocycles. The molecule has 7 heteroatoms. The number of nitriles is 2. The van der Waals surface area contributed by atoms with E-state index in [2.05, 4.69) is 17.1 Å². The van der Waals surface area contributed by atoms with Gasteiger partial charge in [-0.1, -0.05) is 6.07 Å². The Kier molecular flexibility index (Phi) is 5.47. The van der Waals surface area contributed by atoms with Crippen molar-refractivity contribution in [1.29, 1.82) is 10.5 Å². The summed E-state index contributed by atoms with van der Waals surface area (Å²) in [5.74, 6) is 3.41. The standard InChI is InChI=1S/C21H18N4OS2/c1-27-20-8-15(18-11-24-21-4-2-3-16(9-22)25(18)21)7-19(17(20)10-23)26-12-14-5-6-28-13-14/h2-4,7-8,11,14H,5-6,12-13H2,1H3. The lowest BCUT2D eigenvalue weighted by atomic mass is 10.1. The first kappa shape index (κ1) is 18.7. The molecule has 1 aromatic carbocycles. The van der Waals surface area contributed by atoms with Gasteiger partial charge in [-0.25, -0.2) is 4.98 Å². The maximum atomic E-state index is 9.69. The number of ether oxygens (including phenoxy) is 1. The molecule has 5 nitrogen and oxygen atoms in total. The molecule has 0 N–H and O–H groups in total. The Balaban J connectivity index is 1.81. The number of thioether (sulfide) groups is 2. The third-order valence-corrected chi connectivity index (χ3v) is 6.83. The van der Waals surface area contributed by atoms with Crippen LogP contribution in [0.3, 0.4) is 0 Å². The van der Waals surface area contributed by atoms with Gasteiger partial charge in [0.15, 0.2) is 0 Å². The maximum absolute atomic E-state index is 9.69. The van der Waals surface area contributed by atoms with E-state index >= 15 is 0 Å². The fourth-order valence-electron chi connectivity index (χ4n) is 3.37. The first-order chi connectivity index (χ1) is 13.7. The molecule has 0 amide bonds. The predicted molar refractivity (Wildman–Crippen MR) is 113 cm³/mol. The van der Waals surface area contributed by atoms with Gasteiger partial charge in [-0.3, -0.25) is 4.40 Å². The third-order valence-electron chi connectivity index (χ3n) is 4.84. The summed E-state index contributed by atoms with van der Waals surface area (Å²) in [6.07, 6.45) is 4.87. The average Bonchev–Trinajstić information content (AvgIpc) is 3.41. The fourth-order valence-corrected chi connectivity index (χ4v) is 5.23. The Morgan fingerprint density at radius 3 is 2.93 bits per heavy atom. The van der Waals surface area contributed by atoms with Crippen LogP contribution in [0.1, 0.15) is 17.7 Å². The molecule has 1 atom stereocenters. The van der Waals surface area contributed by atoms with Gasteiger partial charge in [0.05, 0.1) is 18.5 Å². The van der Waals surface area contributed by atoms with E-state index < -0.39 is 0 Å². The molecule has 1 unspecified atom stereocenters. The van der Waals surface area contributed by atoms with Crippen molar-refractivity contribution in [2.45, 2.75) is 11.3 Å². The van der Waals surface area contributed by atoms with E-state index in [4.69, 9.17) is 4.74 Å². The van der Waals surface area contributed by atoms with Crippen LogP contribution in [-0.4, -0.2) is 33.8 Å². The zero-order valence-electron chi connectivity index (χ0n) is 15.4. The van der Waals surface area contributed by atoms with Crippen LogP contribution in [0.15, 0.2) is 41.4 Å². The Bertz CT molecular complexity index is 1100. The van der Waals surface area contributed by atoms with E-state index in [1.54, 1.807) is 12.3 Å². The van der Waals surface area contributed by atoms with E-state index in [0.29, 0.717) is 29.5 Å². The first-order valence-electron chi connectivity index (χ1n) is 8.94. The second-order valence-corrected chi connectivity index (χ2v) is 8.56. The molecule has 1 aliphatic heterocycles. The van der Waals surface area contributed by atoms with Crippen LogP contribution >= 0.6 is 23.5 Å². The van der Waals surface area contributed by atoms with Crippen molar-refractivity contribution >= 4 is 29.2 Å². The smallest absolute Gasteiger partial charge is 0.138 e. The normalized spacial score (nSPS) is 16.0. The monoisotopic (exact) mass is 406 g/mol. The van der Waals surface area contributed by atoms with Crippen LogP contribution in [-0.2, 0) is 0 Å². The van der Waals surface area contributed by atoms with Crippen LogP contribution in [0.4, 0.5) is 0 Å². The Morgan fingerprint density at radius 2 is 2.21 bits per heavy atom.